The van der Waals surface area contributed by atoms with Gasteiger partial charge in [0.2, 0.25) is 8.32 Å². The predicted molar refractivity (Wildman–Crippen MR) is 153 cm³/mol. The average molecular weight is 514 g/mol. The van der Waals surface area contributed by atoms with Crippen molar-refractivity contribution in [2.75, 3.05) is 0 Å². The molecule has 2 saturated heterocycles. The third kappa shape index (κ3) is 4.89. The maximum atomic E-state index is 6.61. The van der Waals surface area contributed by atoms with Gasteiger partial charge in [0.15, 0.2) is 0 Å². The van der Waals surface area contributed by atoms with Crippen LogP contribution in [0, 0.1) is 0 Å². The van der Waals surface area contributed by atoms with Gasteiger partial charge in [0.25, 0.3) is 0 Å². The average Bonchev–Trinajstić information content (AvgIpc) is 3.06. The van der Waals surface area contributed by atoms with E-state index in [1.165, 1.54) is 0 Å². The summed E-state index contributed by atoms with van der Waals surface area (Å²) in [6.07, 6.45) is 0. The van der Waals surface area contributed by atoms with Crippen LogP contribution in [0.15, 0.2) is 36.3 Å². The Labute approximate surface area is 222 Å². The number of allylic oxidation sites excluding steroid dienone is 1. The zero-order chi connectivity index (χ0) is 27.8. The smallest absolute Gasteiger partial charge is 0.490 e. The van der Waals surface area contributed by atoms with Crippen molar-refractivity contribution in [2.45, 2.75) is 129 Å². The Balaban J connectivity index is 2.03. The van der Waals surface area contributed by atoms with Gasteiger partial charge in [-0.1, -0.05) is 39.8 Å². The van der Waals surface area contributed by atoms with Crippen molar-refractivity contribution >= 4 is 22.6 Å². The van der Waals surface area contributed by atoms with Crippen molar-refractivity contribution in [1.82, 2.24) is 0 Å². The molecule has 2 heterocycles. The first-order valence-electron chi connectivity index (χ1n) is 13.2. The highest BCUT2D eigenvalue weighted by Crippen LogP contribution is 2.49. The highest BCUT2D eigenvalue weighted by atomic mass is 28.4. The number of hydrogen-bond donors (Lipinski definition) is 0. The Hall–Kier alpha value is -1.05. The fourth-order valence-corrected chi connectivity index (χ4v) is 5.13. The Morgan fingerprint density at radius 1 is 0.750 bits per heavy atom. The molecule has 3 rings (SSSR count). The lowest BCUT2D eigenvalue weighted by Gasteiger charge is -2.37. The van der Waals surface area contributed by atoms with Gasteiger partial charge in [-0.2, -0.15) is 0 Å². The summed E-state index contributed by atoms with van der Waals surface area (Å²) in [5.41, 5.74) is -0.126. The quantitative estimate of drug-likeness (QED) is 0.378. The van der Waals surface area contributed by atoms with E-state index in [1.807, 2.05) is 0 Å². The fourth-order valence-electron chi connectivity index (χ4n) is 4.10. The lowest BCUT2D eigenvalue weighted by molar-refractivity contribution is 0.00578. The van der Waals surface area contributed by atoms with Crippen LogP contribution in [0.3, 0.4) is 0 Å². The zero-order valence-corrected chi connectivity index (χ0v) is 26.2. The van der Waals surface area contributed by atoms with E-state index in [-0.39, 0.29) is 5.04 Å². The Morgan fingerprint density at radius 2 is 1.14 bits per heavy atom. The molecule has 0 aliphatic carbocycles. The molecule has 1 aromatic carbocycles. The molecule has 1 atom stereocenters. The molecule has 2 aliphatic rings. The highest BCUT2D eigenvalue weighted by Gasteiger charge is 2.63. The SMILES string of the molecule is C=C(B1OC(C)(C)C(C)(C)O1)[C@](C)(B1OC(C)(C)C(C)(C)O1)c1ccc(O[Si](C)(C)C(C)(C)C)cc1. The fraction of sp³-hybridized carbons (Fsp3) is 0.714. The third-order valence-corrected chi connectivity index (χ3v) is 13.9. The summed E-state index contributed by atoms with van der Waals surface area (Å²) in [4.78, 5) is 0. The van der Waals surface area contributed by atoms with Crippen LogP contribution in [0.1, 0.15) is 88.6 Å². The van der Waals surface area contributed by atoms with Gasteiger partial charge >= 0.3 is 14.2 Å². The van der Waals surface area contributed by atoms with Gasteiger partial charge in [-0.25, -0.2) is 0 Å². The molecule has 2 fully saturated rings. The molecule has 0 amide bonds. The van der Waals surface area contributed by atoms with E-state index < -0.39 is 50.3 Å². The molecule has 0 bridgehead atoms. The highest BCUT2D eigenvalue weighted by molar-refractivity contribution is 6.74. The normalized spacial score (nSPS) is 24.5. The summed E-state index contributed by atoms with van der Waals surface area (Å²) in [6, 6.07) is 8.31. The van der Waals surface area contributed by atoms with Crippen LogP contribution in [-0.4, -0.2) is 45.0 Å². The molecule has 5 nitrogen and oxygen atoms in total. The van der Waals surface area contributed by atoms with Gasteiger partial charge < -0.3 is 23.0 Å². The summed E-state index contributed by atoms with van der Waals surface area (Å²) in [7, 11) is -3.12. The summed E-state index contributed by atoms with van der Waals surface area (Å²) in [5, 5.41) is -0.615. The van der Waals surface area contributed by atoms with Crippen molar-refractivity contribution in [3.05, 3.63) is 41.9 Å². The minimum Gasteiger partial charge on any atom is -0.544 e. The second kappa shape index (κ2) is 8.74. The van der Waals surface area contributed by atoms with Crippen molar-refractivity contribution in [1.29, 1.82) is 0 Å². The predicted octanol–water partition coefficient (Wildman–Crippen LogP) is 7.15. The molecule has 8 heteroatoms. The molecule has 0 unspecified atom stereocenters. The lowest BCUT2D eigenvalue weighted by atomic mass is 9.45. The summed E-state index contributed by atoms with van der Waals surface area (Å²) in [6.45, 7) is 34.4. The van der Waals surface area contributed by atoms with Crippen molar-refractivity contribution in [2.24, 2.45) is 0 Å². The molecular weight excluding hydrogens is 466 g/mol. The van der Waals surface area contributed by atoms with E-state index >= 15 is 0 Å². The number of hydrogen-bond acceptors (Lipinski definition) is 5. The minimum atomic E-state index is -1.95. The molecule has 0 saturated carbocycles. The van der Waals surface area contributed by atoms with Crippen molar-refractivity contribution in [3.8, 4) is 5.75 Å². The number of benzene rings is 1. The molecule has 0 N–H and O–H groups in total. The third-order valence-electron chi connectivity index (χ3n) is 9.56. The van der Waals surface area contributed by atoms with Crippen LogP contribution in [0.5, 0.6) is 5.75 Å². The molecule has 0 radical (unpaired) electrons. The zero-order valence-electron chi connectivity index (χ0n) is 25.2. The van der Waals surface area contributed by atoms with E-state index in [9.17, 15) is 0 Å². The van der Waals surface area contributed by atoms with E-state index in [0.717, 1.165) is 16.8 Å². The maximum absolute atomic E-state index is 6.61. The lowest BCUT2D eigenvalue weighted by Crippen LogP contribution is -2.49. The van der Waals surface area contributed by atoms with Gasteiger partial charge in [0, 0.05) is 5.31 Å². The summed E-state index contributed by atoms with van der Waals surface area (Å²) >= 11 is 0. The van der Waals surface area contributed by atoms with Gasteiger partial charge in [0.1, 0.15) is 5.75 Å². The molecular formula is C28H48B2O5Si. The first-order valence-corrected chi connectivity index (χ1v) is 16.1. The maximum Gasteiger partial charge on any atom is 0.490 e. The second-order valence-electron chi connectivity index (χ2n) is 14.3. The molecule has 2 aliphatic heterocycles. The van der Waals surface area contributed by atoms with Crippen LogP contribution in [0.4, 0.5) is 0 Å². The largest absolute Gasteiger partial charge is 0.544 e. The van der Waals surface area contributed by atoms with Crippen LogP contribution < -0.4 is 4.43 Å². The van der Waals surface area contributed by atoms with E-state index in [2.05, 4.69) is 127 Å². The van der Waals surface area contributed by atoms with Crippen LogP contribution in [-0.2, 0) is 23.9 Å². The molecule has 0 spiro atoms. The van der Waals surface area contributed by atoms with Crippen molar-refractivity contribution < 1.29 is 23.0 Å². The monoisotopic (exact) mass is 514 g/mol. The molecule has 1 aromatic rings. The van der Waals surface area contributed by atoms with Gasteiger partial charge in [-0.3, -0.25) is 0 Å². The Morgan fingerprint density at radius 3 is 1.53 bits per heavy atom. The summed E-state index contributed by atoms with van der Waals surface area (Å²) in [5.74, 6) is 0.878. The van der Waals surface area contributed by atoms with Crippen molar-refractivity contribution in [3.63, 3.8) is 0 Å². The van der Waals surface area contributed by atoms with Crippen LogP contribution in [0.2, 0.25) is 18.1 Å². The Bertz CT molecular complexity index is 962. The van der Waals surface area contributed by atoms with E-state index in [0.29, 0.717) is 0 Å². The number of rotatable bonds is 6. The van der Waals surface area contributed by atoms with E-state index in [1.54, 1.807) is 0 Å². The standard InChI is InChI=1S/C28H48B2O5Si/c1-20(29-32-24(5,6)25(7,8)33-29)28(13,30-34-26(9,10)27(11,12)35-30)21-16-18-22(19-17-21)31-36(14,15)23(2,3)4/h16-19H,1H2,2-15H3/t28-/m0/s1. The van der Waals surface area contributed by atoms with Gasteiger partial charge in [0.05, 0.1) is 22.4 Å². The van der Waals surface area contributed by atoms with Crippen LogP contribution >= 0.6 is 0 Å². The topological polar surface area (TPSA) is 46.2 Å². The van der Waals surface area contributed by atoms with Gasteiger partial charge in [-0.05, 0) is 96.7 Å². The Kier molecular flexibility index (Phi) is 7.16. The second-order valence-corrected chi connectivity index (χ2v) is 19.0. The minimum absolute atomic E-state index is 0.119. The molecule has 200 valence electrons. The first-order chi connectivity index (χ1) is 16.0. The van der Waals surface area contributed by atoms with Gasteiger partial charge in [-0.15, -0.1) is 6.58 Å². The molecule has 36 heavy (non-hydrogen) atoms. The first kappa shape index (κ1) is 29.5. The molecule has 0 aromatic heterocycles. The van der Waals surface area contributed by atoms with Crippen LogP contribution in [0.25, 0.3) is 0 Å². The summed E-state index contributed by atoms with van der Waals surface area (Å²) < 4.78 is 32.6. The van der Waals surface area contributed by atoms with E-state index in [4.69, 9.17) is 23.0 Å².